The van der Waals surface area contributed by atoms with Crippen molar-refractivity contribution in [3.8, 4) is 0 Å². The molecular weight excluding hydrogens is 240 g/mol. The van der Waals surface area contributed by atoms with Crippen molar-refractivity contribution in [2.45, 2.75) is 33.0 Å². The molecule has 5 nitrogen and oxygen atoms in total. The molecule has 1 aromatic rings. The van der Waals surface area contributed by atoms with Gasteiger partial charge in [0, 0.05) is 12.6 Å². The molecule has 0 saturated heterocycles. The first-order valence-electron chi connectivity index (χ1n) is 5.46. The first-order valence-corrected chi connectivity index (χ1v) is 6.90. The summed E-state index contributed by atoms with van der Waals surface area (Å²) in [5.74, 6) is 0. The molecule has 0 spiro atoms. The van der Waals surface area contributed by atoms with Crippen LogP contribution in [0.5, 0.6) is 0 Å². The van der Waals surface area contributed by atoms with Gasteiger partial charge in [-0.25, -0.2) is 0 Å². The maximum atomic E-state index is 11.9. The fraction of sp³-hybridized carbons (Fsp3) is 0.455. The largest absolute Gasteiger partial charge is 0.392 e. The van der Waals surface area contributed by atoms with Crippen molar-refractivity contribution in [2.75, 3.05) is 4.72 Å². The Bertz CT molecular complexity index is 526. The van der Waals surface area contributed by atoms with Gasteiger partial charge in [-0.15, -0.1) is 0 Å². The molecule has 0 radical (unpaired) electrons. The van der Waals surface area contributed by atoms with Crippen molar-refractivity contribution in [3.05, 3.63) is 29.3 Å². The van der Waals surface area contributed by atoms with Crippen molar-refractivity contribution in [1.29, 1.82) is 0 Å². The second-order valence-corrected chi connectivity index (χ2v) is 6.02. The van der Waals surface area contributed by atoms with E-state index in [1.165, 1.54) is 4.31 Å². The van der Waals surface area contributed by atoms with Gasteiger partial charge in [0.25, 0.3) is 0 Å². The van der Waals surface area contributed by atoms with Gasteiger partial charge in [-0.05, 0) is 31.0 Å². The van der Waals surface area contributed by atoms with E-state index in [-0.39, 0.29) is 12.6 Å². The highest BCUT2D eigenvalue weighted by molar-refractivity contribution is 7.90. The summed E-state index contributed by atoms with van der Waals surface area (Å²) in [7, 11) is -3.43. The third kappa shape index (κ3) is 2.29. The Morgan fingerprint density at radius 2 is 2.18 bits per heavy atom. The molecule has 0 aliphatic carbocycles. The van der Waals surface area contributed by atoms with E-state index in [1.54, 1.807) is 12.1 Å². The number of benzene rings is 1. The topological polar surface area (TPSA) is 69.6 Å². The van der Waals surface area contributed by atoms with E-state index in [1.807, 2.05) is 19.9 Å². The summed E-state index contributed by atoms with van der Waals surface area (Å²) in [6, 6.07) is 5.13. The minimum absolute atomic E-state index is 0.0400. The van der Waals surface area contributed by atoms with Crippen LogP contribution in [-0.4, -0.2) is 23.9 Å². The van der Waals surface area contributed by atoms with Gasteiger partial charge in [0.2, 0.25) is 0 Å². The smallest absolute Gasteiger partial charge is 0.302 e. The first-order chi connectivity index (χ1) is 7.94. The lowest BCUT2D eigenvalue weighted by Gasteiger charge is -2.32. The molecule has 0 atom stereocenters. The number of hydrogen-bond acceptors (Lipinski definition) is 3. The predicted molar refractivity (Wildman–Crippen MR) is 65.6 cm³/mol. The molecule has 1 heterocycles. The average molecular weight is 256 g/mol. The van der Waals surface area contributed by atoms with Gasteiger partial charge in [-0.3, -0.25) is 4.72 Å². The number of anilines is 1. The summed E-state index contributed by atoms with van der Waals surface area (Å²) in [6.45, 7) is 3.97. The molecule has 1 aromatic carbocycles. The summed E-state index contributed by atoms with van der Waals surface area (Å²) < 4.78 is 27.7. The Kier molecular flexibility index (Phi) is 3.11. The zero-order valence-corrected chi connectivity index (χ0v) is 10.7. The maximum Gasteiger partial charge on any atom is 0.302 e. The molecule has 0 aromatic heterocycles. The Morgan fingerprint density at radius 1 is 1.47 bits per heavy atom. The highest BCUT2D eigenvalue weighted by Gasteiger charge is 2.30. The molecule has 0 saturated carbocycles. The van der Waals surface area contributed by atoms with E-state index in [4.69, 9.17) is 5.11 Å². The van der Waals surface area contributed by atoms with Crippen LogP contribution in [0, 0.1) is 0 Å². The van der Waals surface area contributed by atoms with Crippen molar-refractivity contribution in [3.63, 3.8) is 0 Å². The van der Waals surface area contributed by atoms with Gasteiger partial charge in [0.1, 0.15) is 0 Å². The molecule has 17 heavy (non-hydrogen) atoms. The molecule has 2 rings (SSSR count). The number of nitrogens with one attached hydrogen (secondary N) is 1. The van der Waals surface area contributed by atoms with Gasteiger partial charge in [-0.2, -0.15) is 12.7 Å². The average Bonchev–Trinajstić information content (AvgIpc) is 2.26. The second kappa shape index (κ2) is 4.29. The summed E-state index contributed by atoms with van der Waals surface area (Å²) in [5, 5.41) is 9.06. The normalized spacial score (nSPS) is 18.8. The number of aliphatic hydroxyl groups excluding tert-OH is 1. The number of nitrogens with zero attached hydrogens (tertiary/aromatic N) is 1. The third-order valence-electron chi connectivity index (χ3n) is 2.80. The van der Waals surface area contributed by atoms with Gasteiger partial charge < -0.3 is 5.11 Å². The highest BCUT2D eigenvalue weighted by atomic mass is 32.2. The van der Waals surface area contributed by atoms with Crippen molar-refractivity contribution < 1.29 is 13.5 Å². The number of rotatable bonds is 2. The zero-order chi connectivity index (χ0) is 12.6. The van der Waals surface area contributed by atoms with Crippen LogP contribution < -0.4 is 4.72 Å². The molecule has 0 bridgehead atoms. The van der Waals surface area contributed by atoms with Crippen LogP contribution in [0.1, 0.15) is 25.0 Å². The molecule has 1 aliphatic heterocycles. The monoisotopic (exact) mass is 256 g/mol. The van der Waals surface area contributed by atoms with E-state index >= 15 is 0 Å². The third-order valence-corrected chi connectivity index (χ3v) is 4.45. The van der Waals surface area contributed by atoms with Crippen LogP contribution in [-0.2, 0) is 23.4 Å². The molecule has 0 amide bonds. The van der Waals surface area contributed by atoms with E-state index in [9.17, 15) is 8.42 Å². The Labute approximate surface area is 101 Å². The molecule has 0 fully saturated rings. The van der Waals surface area contributed by atoms with E-state index < -0.39 is 10.2 Å². The number of fused-ring (bicyclic) bond motifs is 1. The lowest BCUT2D eigenvalue weighted by molar-refractivity contribution is 0.281. The molecule has 94 valence electrons. The predicted octanol–water partition coefficient (Wildman–Crippen LogP) is 1.06. The van der Waals surface area contributed by atoms with Gasteiger partial charge in [0.15, 0.2) is 0 Å². The maximum absolute atomic E-state index is 11.9. The Hall–Kier alpha value is -1.11. The van der Waals surface area contributed by atoms with Gasteiger partial charge in [-0.1, -0.05) is 12.1 Å². The fourth-order valence-corrected chi connectivity index (χ4v) is 3.34. The Balaban J connectivity index is 2.43. The summed E-state index contributed by atoms with van der Waals surface area (Å²) in [6.07, 6.45) is 0. The van der Waals surface area contributed by atoms with Crippen LogP contribution in [0.2, 0.25) is 0 Å². The molecule has 1 aliphatic rings. The van der Waals surface area contributed by atoms with Crippen molar-refractivity contribution in [2.24, 2.45) is 0 Å². The summed E-state index contributed by atoms with van der Waals surface area (Å²) in [5.41, 5.74) is 2.27. The van der Waals surface area contributed by atoms with Crippen LogP contribution in [0.4, 0.5) is 5.69 Å². The van der Waals surface area contributed by atoms with Crippen LogP contribution in [0.3, 0.4) is 0 Å². The minimum Gasteiger partial charge on any atom is -0.392 e. The minimum atomic E-state index is -3.43. The van der Waals surface area contributed by atoms with Crippen molar-refractivity contribution >= 4 is 15.9 Å². The first kappa shape index (κ1) is 12.3. The van der Waals surface area contributed by atoms with Crippen molar-refractivity contribution in [1.82, 2.24) is 4.31 Å². The SMILES string of the molecule is CC(C)N1Cc2cc(CO)ccc2NS1(=O)=O. The molecule has 6 heteroatoms. The van der Waals surface area contributed by atoms with E-state index in [0.717, 1.165) is 11.1 Å². The standard InChI is InChI=1S/C11H16N2O3S/c1-8(2)13-6-10-5-9(7-14)3-4-11(10)12-17(13,15)16/h3-5,8,12,14H,6-7H2,1-2H3. The zero-order valence-electron chi connectivity index (χ0n) is 9.84. The number of hydrogen-bond donors (Lipinski definition) is 2. The highest BCUT2D eigenvalue weighted by Crippen LogP contribution is 2.28. The lowest BCUT2D eigenvalue weighted by Crippen LogP contribution is -2.43. The van der Waals surface area contributed by atoms with E-state index in [2.05, 4.69) is 4.72 Å². The number of aliphatic hydroxyl groups is 1. The summed E-state index contributed by atoms with van der Waals surface area (Å²) in [4.78, 5) is 0. The fourth-order valence-electron chi connectivity index (χ4n) is 1.89. The molecule has 2 N–H and O–H groups in total. The van der Waals surface area contributed by atoms with Crippen LogP contribution >= 0.6 is 0 Å². The van der Waals surface area contributed by atoms with Crippen LogP contribution in [0.15, 0.2) is 18.2 Å². The second-order valence-electron chi connectivity index (χ2n) is 4.40. The summed E-state index contributed by atoms with van der Waals surface area (Å²) >= 11 is 0. The quantitative estimate of drug-likeness (QED) is 0.831. The van der Waals surface area contributed by atoms with Gasteiger partial charge in [0.05, 0.1) is 12.3 Å². The van der Waals surface area contributed by atoms with Gasteiger partial charge >= 0.3 is 10.2 Å². The Morgan fingerprint density at radius 3 is 2.76 bits per heavy atom. The molecular formula is C11H16N2O3S. The van der Waals surface area contributed by atoms with E-state index in [0.29, 0.717) is 12.2 Å². The molecule has 0 unspecified atom stereocenters. The lowest BCUT2D eigenvalue weighted by atomic mass is 10.1. The van der Waals surface area contributed by atoms with Crippen LogP contribution in [0.25, 0.3) is 0 Å².